The average Bonchev–Trinajstić information content (AvgIpc) is 2.75. The Morgan fingerprint density at radius 1 is 1.00 bits per heavy atom. The van der Waals surface area contributed by atoms with E-state index in [0.717, 1.165) is 10.6 Å². The molecule has 0 aliphatic heterocycles. The molecule has 0 heterocycles. The van der Waals surface area contributed by atoms with E-state index in [1.165, 1.54) is 11.0 Å². The van der Waals surface area contributed by atoms with E-state index >= 15 is 0 Å². The number of carbonyl (C=O) groups is 2. The maximum atomic E-state index is 13.4. The molecule has 1 atom stereocenters. The summed E-state index contributed by atoms with van der Waals surface area (Å²) in [5.74, 6) is -0.696. The van der Waals surface area contributed by atoms with Crippen molar-refractivity contribution in [3.63, 3.8) is 0 Å². The van der Waals surface area contributed by atoms with E-state index in [1.54, 1.807) is 43.3 Å². The number of halogens is 3. The van der Waals surface area contributed by atoms with Gasteiger partial charge in [0.15, 0.2) is 0 Å². The molecule has 2 rings (SSSR count). The second-order valence-electron chi connectivity index (χ2n) is 8.33. The number of rotatable bonds is 10. The Morgan fingerprint density at radius 2 is 1.68 bits per heavy atom. The van der Waals surface area contributed by atoms with E-state index in [-0.39, 0.29) is 24.1 Å². The number of nitrogens with zero attached hydrogens (tertiary/aromatic N) is 2. The van der Waals surface area contributed by atoms with Crippen LogP contribution in [0.4, 0.5) is 5.69 Å². The van der Waals surface area contributed by atoms with Crippen LogP contribution >= 0.6 is 34.8 Å². The first-order valence-corrected chi connectivity index (χ1v) is 13.5. The quantitative estimate of drug-likeness (QED) is 0.470. The van der Waals surface area contributed by atoms with Crippen LogP contribution < -0.4 is 9.62 Å². The molecular weight excluding hydrogens is 521 g/mol. The van der Waals surface area contributed by atoms with E-state index < -0.39 is 28.5 Å². The molecule has 186 valence electrons. The molecule has 0 aromatic heterocycles. The first kappa shape index (κ1) is 28.2. The third kappa shape index (κ3) is 8.05. The highest BCUT2D eigenvalue weighted by Gasteiger charge is 2.30. The minimum Gasteiger partial charge on any atom is -0.354 e. The molecule has 34 heavy (non-hydrogen) atoms. The first-order valence-electron chi connectivity index (χ1n) is 10.5. The molecule has 0 bridgehead atoms. The summed E-state index contributed by atoms with van der Waals surface area (Å²) in [6, 6.07) is 10.2. The molecule has 2 aromatic rings. The Hall–Kier alpha value is -2.00. The number of anilines is 1. The van der Waals surface area contributed by atoms with Gasteiger partial charge in [-0.3, -0.25) is 13.9 Å². The monoisotopic (exact) mass is 547 g/mol. The predicted molar refractivity (Wildman–Crippen MR) is 138 cm³/mol. The van der Waals surface area contributed by atoms with Gasteiger partial charge in [-0.2, -0.15) is 0 Å². The molecule has 0 unspecified atom stereocenters. The summed E-state index contributed by atoms with van der Waals surface area (Å²) in [6.07, 6.45) is 1.00. The molecule has 1 N–H and O–H groups in total. The van der Waals surface area contributed by atoms with Gasteiger partial charge in [0.05, 0.1) is 22.0 Å². The van der Waals surface area contributed by atoms with Crippen molar-refractivity contribution in [1.82, 2.24) is 10.2 Å². The third-order valence-corrected chi connectivity index (χ3v) is 7.08. The van der Waals surface area contributed by atoms with Crippen molar-refractivity contribution in [3.05, 3.63) is 63.1 Å². The number of sulfonamides is 1. The van der Waals surface area contributed by atoms with Crippen LogP contribution in [0.3, 0.4) is 0 Å². The highest BCUT2D eigenvalue weighted by atomic mass is 35.5. The lowest BCUT2D eigenvalue weighted by Crippen LogP contribution is -2.51. The third-order valence-electron chi connectivity index (χ3n) is 4.96. The molecule has 7 nitrogen and oxygen atoms in total. The van der Waals surface area contributed by atoms with Crippen LogP contribution in [-0.2, 0) is 26.2 Å². The maximum absolute atomic E-state index is 13.4. The van der Waals surface area contributed by atoms with Crippen LogP contribution in [0.5, 0.6) is 0 Å². The number of hydrogen-bond donors (Lipinski definition) is 1. The molecule has 11 heteroatoms. The van der Waals surface area contributed by atoms with Crippen molar-refractivity contribution >= 4 is 62.3 Å². The molecule has 0 saturated carbocycles. The lowest BCUT2D eigenvalue weighted by molar-refractivity contribution is -0.139. The molecule has 0 aliphatic rings. The summed E-state index contributed by atoms with van der Waals surface area (Å²) >= 11 is 18.2. The minimum absolute atomic E-state index is 0.0269. The van der Waals surface area contributed by atoms with E-state index in [2.05, 4.69) is 5.32 Å². The maximum Gasteiger partial charge on any atom is 0.244 e. The standard InChI is InChI=1S/C23H28Cl3N3O4S/c1-15(2)12-27-23(31)16(3)28(13-17-8-9-20(25)21(26)10-17)22(30)14-29(34(4,32)33)19-7-5-6-18(24)11-19/h5-11,15-16H,12-14H2,1-4H3,(H,27,31)/t16-/m1/s1. The van der Waals surface area contributed by atoms with Crippen LogP contribution in [0.2, 0.25) is 15.1 Å². The van der Waals surface area contributed by atoms with Gasteiger partial charge in [0, 0.05) is 18.1 Å². The lowest BCUT2D eigenvalue weighted by Gasteiger charge is -2.31. The average molecular weight is 549 g/mol. The van der Waals surface area contributed by atoms with Gasteiger partial charge in [-0.15, -0.1) is 0 Å². The Labute approximate surface area is 216 Å². The summed E-state index contributed by atoms with van der Waals surface area (Å²) in [5, 5.41) is 3.81. The summed E-state index contributed by atoms with van der Waals surface area (Å²) in [6.45, 7) is 5.46. The number of nitrogens with one attached hydrogen (secondary N) is 1. The van der Waals surface area contributed by atoms with E-state index in [4.69, 9.17) is 34.8 Å². The van der Waals surface area contributed by atoms with Crippen LogP contribution in [-0.4, -0.2) is 50.5 Å². The van der Waals surface area contributed by atoms with Gasteiger partial charge in [-0.05, 0) is 48.7 Å². The van der Waals surface area contributed by atoms with Gasteiger partial charge < -0.3 is 10.2 Å². The van der Waals surface area contributed by atoms with Crippen LogP contribution in [0.25, 0.3) is 0 Å². The number of carbonyl (C=O) groups excluding carboxylic acids is 2. The van der Waals surface area contributed by atoms with Gasteiger partial charge >= 0.3 is 0 Å². The molecule has 2 aromatic carbocycles. The van der Waals surface area contributed by atoms with Crippen LogP contribution in [0.1, 0.15) is 26.3 Å². The largest absolute Gasteiger partial charge is 0.354 e. The van der Waals surface area contributed by atoms with Gasteiger partial charge in [0.1, 0.15) is 12.6 Å². The SMILES string of the molecule is CC(C)CNC(=O)[C@@H](C)N(Cc1ccc(Cl)c(Cl)c1)C(=O)CN(c1cccc(Cl)c1)S(C)(=O)=O. The highest BCUT2D eigenvalue weighted by Crippen LogP contribution is 2.25. The summed E-state index contributed by atoms with van der Waals surface area (Å²) in [4.78, 5) is 27.6. The Morgan fingerprint density at radius 3 is 2.24 bits per heavy atom. The fraction of sp³-hybridized carbons (Fsp3) is 0.391. The summed E-state index contributed by atoms with van der Waals surface area (Å²) < 4.78 is 26.0. The van der Waals surface area contributed by atoms with Crippen LogP contribution in [0, 0.1) is 5.92 Å². The highest BCUT2D eigenvalue weighted by molar-refractivity contribution is 7.92. The van der Waals surface area contributed by atoms with Gasteiger partial charge in [0.2, 0.25) is 21.8 Å². The molecule has 0 fully saturated rings. The zero-order chi connectivity index (χ0) is 25.6. The van der Waals surface area contributed by atoms with Gasteiger partial charge in [0.25, 0.3) is 0 Å². The van der Waals surface area contributed by atoms with Crippen LogP contribution in [0.15, 0.2) is 42.5 Å². The Balaban J connectivity index is 2.39. The number of benzene rings is 2. The lowest BCUT2D eigenvalue weighted by atomic mass is 10.1. The fourth-order valence-electron chi connectivity index (χ4n) is 3.11. The molecule has 0 radical (unpaired) electrons. The van der Waals surface area contributed by atoms with Crippen molar-refractivity contribution < 1.29 is 18.0 Å². The van der Waals surface area contributed by atoms with Crippen molar-refractivity contribution in [1.29, 1.82) is 0 Å². The van der Waals surface area contributed by atoms with Crippen molar-refractivity contribution in [2.75, 3.05) is 23.7 Å². The first-order chi connectivity index (χ1) is 15.8. The smallest absolute Gasteiger partial charge is 0.244 e. The fourth-order valence-corrected chi connectivity index (χ4v) is 4.46. The zero-order valence-electron chi connectivity index (χ0n) is 19.4. The molecular formula is C23H28Cl3N3O4S. The van der Waals surface area contributed by atoms with Crippen molar-refractivity contribution in [2.24, 2.45) is 5.92 Å². The van der Waals surface area contributed by atoms with Gasteiger partial charge in [-0.1, -0.05) is 60.8 Å². The molecule has 2 amide bonds. The van der Waals surface area contributed by atoms with E-state index in [0.29, 0.717) is 27.2 Å². The van der Waals surface area contributed by atoms with Crippen molar-refractivity contribution in [3.8, 4) is 0 Å². The normalized spacial score (nSPS) is 12.4. The minimum atomic E-state index is -3.83. The topological polar surface area (TPSA) is 86.8 Å². The zero-order valence-corrected chi connectivity index (χ0v) is 22.5. The molecule has 0 aliphatic carbocycles. The number of amides is 2. The number of hydrogen-bond acceptors (Lipinski definition) is 4. The summed E-state index contributed by atoms with van der Waals surface area (Å²) in [7, 11) is -3.83. The molecule has 0 spiro atoms. The van der Waals surface area contributed by atoms with Gasteiger partial charge in [-0.25, -0.2) is 8.42 Å². The predicted octanol–water partition coefficient (Wildman–Crippen LogP) is 4.60. The second kappa shape index (κ2) is 12.1. The molecule has 0 saturated heterocycles. The van der Waals surface area contributed by atoms with E-state index in [1.807, 2.05) is 13.8 Å². The van der Waals surface area contributed by atoms with E-state index in [9.17, 15) is 18.0 Å². The van der Waals surface area contributed by atoms with Crippen molar-refractivity contribution in [2.45, 2.75) is 33.4 Å². The summed E-state index contributed by atoms with van der Waals surface area (Å²) in [5.41, 5.74) is 0.884. The Kier molecular flexibility index (Phi) is 10.1. The second-order valence-corrected chi connectivity index (χ2v) is 11.5. The Bertz CT molecular complexity index is 1140.